The summed E-state index contributed by atoms with van der Waals surface area (Å²) in [5, 5.41) is 3.03. The van der Waals surface area contributed by atoms with Crippen molar-refractivity contribution in [3.8, 4) is 5.75 Å². The van der Waals surface area contributed by atoms with Gasteiger partial charge in [0.05, 0.1) is 37.7 Å². The molecular formula is C18H28N3O4S+. The van der Waals surface area contributed by atoms with Crippen LogP contribution in [0.3, 0.4) is 0 Å². The van der Waals surface area contributed by atoms with Crippen molar-refractivity contribution >= 4 is 15.9 Å². The number of benzene rings is 1. The number of ether oxygens (including phenoxy) is 1. The number of piperazine rings is 1. The summed E-state index contributed by atoms with van der Waals surface area (Å²) in [4.78, 5) is 13.6. The third-order valence-corrected chi connectivity index (χ3v) is 6.98. The van der Waals surface area contributed by atoms with Crippen molar-refractivity contribution in [1.29, 1.82) is 0 Å². The summed E-state index contributed by atoms with van der Waals surface area (Å²) < 4.78 is 32.5. The lowest BCUT2D eigenvalue weighted by atomic mass is 10.2. The maximum atomic E-state index is 12.8. The zero-order valence-electron chi connectivity index (χ0n) is 15.4. The van der Waals surface area contributed by atoms with Gasteiger partial charge in [-0.25, -0.2) is 8.42 Å². The summed E-state index contributed by atoms with van der Waals surface area (Å²) in [6, 6.07) is 6.75. The summed E-state index contributed by atoms with van der Waals surface area (Å²) in [7, 11) is -3.51. The number of rotatable bonds is 7. The maximum Gasteiger partial charge on any atom is 0.278 e. The van der Waals surface area contributed by atoms with Crippen LogP contribution in [-0.2, 0) is 14.8 Å². The quantitative estimate of drug-likeness (QED) is 0.675. The van der Waals surface area contributed by atoms with E-state index in [1.807, 2.05) is 13.8 Å². The van der Waals surface area contributed by atoms with Crippen LogP contribution in [0, 0.1) is 0 Å². The minimum Gasteiger partial charge on any atom is -0.494 e. The fraction of sp³-hybridized carbons (Fsp3) is 0.611. The van der Waals surface area contributed by atoms with Gasteiger partial charge in [-0.15, -0.1) is 0 Å². The Morgan fingerprint density at radius 1 is 1.27 bits per heavy atom. The molecule has 1 saturated heterocycles. The van der Waals surface area contributed by atoms with E-state index in [4.69, 9.17) is 4.74 Å². The Hall–Kier alpha value is -1.64. The zero-order chi connectivity index (χ0) is 18.7. The predicted octanol–water partition coefficient (Wildman–Crippen LogP) is -0.358. The van der Waals surface area contributed by atoms with Crippen LogP contribution in [0.2, 0.25) is 0 Å². The van der Waals surface area contributed by atoms with E-state index in [9.17, 15) is 13.2 Å². The third kappa shape index (κ3) is 4.36. The van der Waals surface area contributed by atoms with Gasteiger partial charge in [0, 0.05) is 6.04 Å². The Bertz CT molecular complexity index is 723. The molecule has 1 aromatic rings. The molecule has 0 unspecified atom stereocenters. The van der Waals surface area contributed by atoms with Gasteiger partial charge in [0.15, 0.2) is 6.04 Å². The van der Waals surface area contributed by atoms with E-state index in [1.165, 1.54) is 4.31 Å². The minimum atomic E-state index is -3.51. The molecule has 1 aromatic carbocycles. The number of hydrogen-bond acceptors (Lipinski definition) is 4. The van der Waals surface area contributed by atoms with Crippen molar-refractivity contribution < 1.29 is 22.8 Å². The molecule has 1 heterocycles. The van der Waals surface area contributed by atoms with Crippen molar-refractivity contribution in [3.05, 3.63) is 24.3 Å². The first-order chi connectivity index (χ1) is 12.4. The lowest BCUT2D eigenvalue weighted by Gasteiger charge is -2.34. The molecule has 2 fully saturated rings. The minimum absolute atomic E-state index is 0.0744. The summed E-state index contributed by atoms with van der Waals surface area (Å²) in [5.74, 6) is 0.738. The lowest BCUT2D eigenvalue weighted by Crippen LogP contribution is -3.19. The Balaban J connectivity index is 1.58. The molecule has 0 spiro atoms. The third-order valence-electron chi connectivity index (χ3n) is 5.07. The molecule has 1 saturated carbocycles. The van der Waals surface area contributed by atoms with Gasteiger partial charge in [0.25, 0.3) is 5.91 Å². The van der Waals surface area contributed by atoms with Crippen LogP contribution < -0.4 is 15.0 Å². The van der Waals surface area contributed by atoms with Gasteiger partial charge >= 0.3 is 0 Å². The Morgan fingerprint density at radius 3 is 2.42 bits per heavy atom. The number of amides is 1. The maximum absolute atomic E-state index is 12.8. The van der Waals surface area contributed by atoms with Crippen molar-refractivity contribution in [2.75, 3.05) is 32.8 Å². The van der Waals surface area contributed by atoms with E-state index in [0.29, 0.717) is 44.6 Å². The van der Waals surface area contributed by atoms with E-state index in [1.54, 1.807) is 24.3 Å². The van der Waals surface area contributed by atoms with Crippen LogP contribution in [0.4, 0.5) is 0 Å². The first-order valence-corrected chi connectivity index (χ1v) is 10.7. The summed E-state index contributed by atoms with van der Waals surface area (Å²) in [6.07, 6.45) is 2.14. The number of carbonyl (C=O) groups excluding carboxylic acids is 1. The second kappa shape index (κ2) is 7.94. The van der Waals surface area contributed by atoms with Crippen LogP contribution in [0.5, 0.6) is 5.75 Å². The molecule has 1 aliphatic carbocycles. The smallest absolute Gasteiger partial charge is 0.278 e. The van der Waals surface area contributed by atoms with E-state index >= 15 is 0 Å². The average Bonchev–Trinajstić information content (AvgIpc) is 3.46. The highest BCUT2D eigenvalue weighted by Crippen LogP contribution is 2.20. The molecule has 2 aliphatic rings. The van der Waals surface area contributed by atoms with E-state index in [0.717, 1.165) is 17.7 Å². The molecule has 26 heavy (non-hydrogen) atoms. The largest absolute Gasteiger partial charge is 0.494 e. The molecular weight excluding hydrogens is 354 g/mol. The van der Waals surface area contributed by atoms with E-state index in [-0.39, 0.29) is 16.8 Å². The SMILES string of the molecule is CCOc1ccc(S(=O)(=O)N2CC[NH+]([C@H](C)C(=O)NC3CC3)CC2)cc1. The van der Waals surface area contributed by atoms with Gasteiger partial charge in [0.2, 0.25) is 10.0 Å². The lowest BCUT2D eigenvalue weighted by molar-refractivity contribution is -0.917. The van der Waals surface area contributed by atoms with Crippen molar-refractivity contribution in [1.82, 2.24) is 9.62 Å². The second-order valence-electron chi connectivity index (χ2n) is 6.97. The van der Waals surface area contributed by atoms with Crippen LogP contribution in [0.15, 0.2) is 29.2 Å². The van der Waals surface area contributed by atoms with Crippen molar-refractivity contribution in [3.63, 3.8) is 0 Å². The summed E-state index contributed by atoms with van der Waals surface area (Å²) >= 11 is 0. The molecule has 1 aliphatic heterocycles. The van der Waals surface area contributed by atoms with Gasteiger partial charge in [-0.05, 0) is 51.0 Å². The highest BCUT2D eigenvalue weighted by molar-refractivity contribution is 7.89. The molecule has 0 bridgehead atoms. The number of hydrogen-bond donors (Lipinski definition) is 2. The molecule has 0 aromatic heterocycles. The van der Waals surface area contributed by atoms with Crippen LogP contribution in [0.1, 0.15) is 26.7 Å². The van der Waals surface area contributed by atoms with Gasteiger partial charge in [-0.3, -0.25) is 4.79 Å². The van der Waals surface area contributed by atoms with Gasteiger partial charge < -0.3 is 15.0 Å². The van der Waals surface area contributed by atoms with Crippen LogP contribution in [-0.4, -0.2) is 63.5 Å². The molecule has 2 N–H and O–H groups in total. The Labute approximate surface area is 155 Å². The predicted molar refractivity (Wildman–Crippen MR) is 97.7 cm³/mol. The van der Waals surface area contributed by atoms with Crippen LogP contribution >= 0.6 is 0 Å². The first-order valence-electron chi connectivity index (χ1n) is 9.29. The topological polar surface area (TPSA) is 80.2 Å². The summed E-state index contributed by atoms with van der Waals surface area (Å²) in [6.45, 7) is 6.47. The van der Waals surface area contributed by atoms with Crippen molar-refractivity contribution in [2.45, 2.75) is 43.7 Å². The molecule has 1 atom stereocenters. The number of nitrogens with one attached hydrogen (secondary N) is 2. The number of quaternary nitrogens is 1. The van der Waals surface area contributed by atoms with E-state index in [2.05, 4.69) is 5.32 Å². The second-order valence-corrected chi connectivity index (χ2v) is 8.91. The van der Waals surface area contributed by atoms with Crippen LogP contribution in [0.25, 0.3) is 0 Å². The standard InChI is InChI=1S/C18H27N3O4S/c1-3-25-16-6-8-17(9-7-16)26(23,24)21-12-10-20(11-13-21)14(2)18(22)19-15-4-5-15/h6-9,14-15H,3-5,10-13H2,1-2H3,(H,19,22)/p+1/t14-/m1/s1. The monoisotopic (exact) mass is 382 g/mol. The molecule has 144 valence electrons. The fourth-order valence-corrected chi connectivity index (χ4v) is 4.65. The molecule has 1 amide bonds. The van der Waals surface area contributed by atoms with E-state index < -0.39 is 10.0 Å². The first kappa shape index (κ1) is 19.1. The van der Waals surface area contributed by atoms with Gasteiger partial charge in [0.1, 0.15) is 5.75 Å². The molecule has 8 heteroatoms. The van der Waals surface area contributed by atoms with Crippen molar-refractivity contribution in [2.24, 2.45) is 0 Å². The number of nitrogens with zero attached hydrogens (tertiary/aromatic N) is 1. The highest BCUT2D eigenvalue weighted by atomic mass is 32.2. The van der Waals surface area contributed by atoms with Gasteiger partial charge in [-0.1, -0.05) is 0 Å². The number of carbonyl (C=O) groups is 1. The molecule has 7 nitrogen and oxygen atoms in total. The van der Waals surface area contributed by atoms with Gasteiger partial charge in [-0.2, -0.15) is 4.31 Å². The zero-order valence-corrected chi connectivity index (χ0v) is 16.2. The fourth-order valence-electron chi connectivity index (χ4n) is 3.21. The highest BCUT2D eigenvalue weighted by Gasteiger charge is 2.35. The Morgan fingerprint density at radius 2 is 1.88 bits per heavy atom. The normalized spacial score (nSPS) is 20.5. The molecule has 0 radical (unpaired) electrons. The number of sulfonamides is 1. The average molecular weight is 383 g/mol. The summed E-state index contributed by atoms with van der Waals surface area (Å²) in [5.41, 5.74) is 0. The molecule has 3 rings (SSSR count). The Kier molecular flexibility index (Phi) is 5.84.